The Hall–Kier alpha value is -0.300. The summed E-state index contributed by atoms with van der Waals surface area (Å²) < 4.78 is 4.54. The molecule has 1 nitrogen and oxygen atoms in total. The molecule has 0 aliphatic rings. The molecule has 0 aromatic heterocycles. The molecule has 0 aliphatic heterocycles. The lowest BCUT2D eigenvalue weighted by Gasteiger charge is -1.87. The summed E-state index contributed by atoms with van der Waals surface area (Å²) in [5, 5.41) is 0. The fraction of sp³-hybridized carbons (Fsp3) is 0.500. The maximum Gasteiger partial charge on any atom is 0.0700 e. The third kappa shape index (κ3) is 5.70. The topological polar surface area (TPSA) is 9.23 Å². The van der Waals surface area contributed by atoms with Crippen LogP contribution in [0, 0.1) is 7.11 Å². The monoisotopic (exact) mass is 99.1 g/mol. The van der Waals surface area contributed by atoms with Gasteiger partial charge in [-0.25, -0.2) is 0 Å². The van der Waals surface area contributed by atoms with E-state index in [4.69, 9.17) is 0 Å². The molecule has 0 aromatic carbocycles. The molecule has 0 bridgehead atoms. The molecule has 0 fully saturated rings. The van der Waals surface area contributed by atoms with Gasteiger partial charge in [-0.3, -0.25) is 0 Å². The van der Waals surface area contributed by atoms with Crippen LogP contribution in [0.2, 0.25) is 0 Å². The van der Waals surface area contributed by atoms with E-state index < -0.39 is 0 Å². The van der Waals surface area contributed by atoms with Crippen molar-refractivity contribution in [1.29, 1.82) is 0 Å². The van der Waals surface area contributed by atoms with Crippen molar-refractivity contribution in [3.63, 3.8) is 0 Å². The third-order valence-electron chi connectivity index (χ3n) is 0.665. The minimum absolute atomic E-state index is 0.727. The molecule has 0 atom stereocenters. The van der Waals surface area contributed by atoms with Gasteiger partial charge in [0.15, 0.2) is 0 Å². The van der Waals surface area contributed by atoms with E-state index in [2.05, 4.69) is 11.8 Å². The molecule has 0 aliphatic carbocycles. The molecule has 0 rings (SSSR count). The Bertz CT molecular complexity index is 48.1. The van der Waals surface area contributed by atoms with Gasteiger partial charge in [-0.2, -0.15) is 0 Å². The molecule has 0 saturated carbocycles. The molecule has 0 aromatic rings. The standard InChI is InChI=1S/C6H11O/c1-3-4-5-6-7-2/h3-4H,2,5-6H2,1H3. The summed E-state index contributed by atoms with van der Waals surface area (Å²) >= 11 is 0. The van der Waals surface area contributed by atoms with E-state index in [0.717, 1.165) is 13.0 Å². The van der Waals surface area contributed by atoms with E-state index in [0.29, 0.717) is 0 Å². The second kappa shape index (κ2) is 5.70. The molecular formula is C6H11O. The van der Waals surface area contributed by atoms with Crippen molar-refractivity contribution in [2.24, 2.45) is 0 Å². The van der Waals surface area contributed by atoms with Crippen molar-refractivity contribution in [2.45, 2.75) is 13.3 Å². The van der Waals surface area contributed by atoms with Crippen LogP contribution in [-0.2, 0) is 4.74 Å². The van der Waals surface area contributed by atoms with Crippen molar-refractivity contribution in [3.8, 4) is 0 Å². The highest BCUT2D eigenvalue weighted by Gasteiger charge is 1.72. The van der Waals surface area contributed by atoms with Crippen LogP contribution in [0.25, 0.3) is 0 Å². The first-order chi connectivity index (χ1) is 3.41. The van der Waals surface area contributed by atoms with E-state index in [1.807, 2.05) is 19.1 Å². The molecule has 0 N–H and O–H groups in total. The van der Waals surface area contributed by atoms with Gasteiger partial charge in [-0.15, -0.1) is 0 Å². The summed E-state index contributed by atoms with van der Waals surface area (Å²) in [5.74, 6) is 0. The summed E-state index contributed by atoms with van der Waals surface area (Å²) in [7, 11) is 3.22. The van der Waals surface area contributed by atoms with E-state index in [-0.39, 0.29) is 0 Å². The van der Waals surface area contributed by atoms with E-state index in [9.17, 15) is 0 Å². The van der Waals surface area contributed by atoms with Gasteiger partial charge in [0, 0.05) is 0 Å². The number of allylic oxidation sites excluding steroid dienone is 1. The molecule has 1 heteroatoms. The average Bonchev–Trinajstić information content (AvgIpc) is 1.69. The Balaban J connectivity index is 2.69. The first kappa shape index (κ1) is 6.70. The van der Waals surface area contributed by atoms with Gasteiger partial charge < -0.3 is 4.74 Å². The van der Waals surface area contributed by atoms with Crippen molar-refractivity contribution in [2.75, 3.05) is 6.61 Å². The van der Waals surface area contributed by atoms with Crippen LogP contribution in [0.5, 0.6) is 0 Å². The highest BCUT2D eigenvalue weighted by atomic mass is 16.5. The van der Waals surface area contributed by atoms with E-state index >= 15 is 0 Å². The maximum absolute atomic E-state index is 4.54. The Kier molecular flexibility index (Phi) is 5.46. The molecule has 1 radical (unpaired) electrons. The summed E-state index contributed by atoms with van der Waals surface area (Å²) in [6.07, 6.45) is 5.02. The summed E-state index contributed by atoms with van der Waals surface area (Å²) in [6.45, 7) is 2.72. The molecule has 0 saturated heterocycles. The van der Waals surface area contributed by atoms with Crippen LogP contribution in [0.15, 0.2) is 12.2 Å². The molecule has 0 amide bonds. The van der Waals surface area contributed by atoms with Crippen LogP contribution >= 0.6 is 0 Å². The normalized spacial score (nSPS) is 10.6. The highest BCUT2D eigenvalue weighted by molar-refractivity contribution is 4.75. The Morgan fingerprint density at radius 3 is 2.86 bits per heavy atom. The fourth-order valence-electron chi connectivity index (χ4n) is 0.318. The van der Waals surface area contributed by atoms with Crippen LogP contribution in [0.3, 0.4) is 0 Å². The summed E-state index contributed by atoms with van der Waals surface area (Å²) in [5.41, 5.74) is 0. The molecule has 41 valence electrons. The van der Waals surface area contributed by atoms with Gasteiger partial charge in [-0.05, 0) is 13.3 Å². The lowest BCUT2D eigenvalue weighted by Crippen LogP contribution is -1.80. The first-order valence-corrected chi connectivity index (χ1v) is 2.40. The zero-order valence-electron chi connectivity index (χ0n) is 4.68. The predicted octanol–water partition coefficient (Wildman–Crippen LogP) is 1.76. The Morgan fingerprint density at radius 1 is 1.71 bits per heavy atom. The third-order valence-corrected chi connectivity index (χ3v) is 0.665. The SMILES string of the molecule is [CH2]OCCC=CC. The van der Waals surface area contributed by atoms with Crippen molar-refractivity contribution < 1.29 is 4.74 Å². The number of ether oxygens (including phenoxy) is 1. The van der Waals surface area contributed by atoms with Gasteiger partial charge in [0.05, 0.1) is 13.7 Å². The predicted molar refractivity (Wildman–Crippen MR) is 30.7 cm³/mol. The van der Waals surface area contributed by atoms with E-state index in [1.165, 1.54) is 0 Å². The van der Waals surface area contributed by atoms with Gasteiger partial charge >= 0.3 is 0 Å². The largest absolute Gasteiger partial charge is 0.379 e. The zero-order chi connectivity index (χ0) is 5.54. The van der Waals surface area contributed by atoms with Crippen LogP contribution in [0.1, 0.15) is 13.3 Å². The minimum Gasteiger partial charge on any atom is -0.379 e. The molecule has 0 unspecified atom stereocenters. The smallest absolute Gasteiger partial charge is 0.0700 e. The van der Waals surface area contributed by atoms with Gasteiger partial charge in [0.2, 0.25) is 0 Å². The van der Waals surface area contributed by atoms with E-state index in [1.54, 1.807) is 0 Å². The maximum atomic E-state index is 4.54. The van der Waals surface area contributed by atoms with Crippen LogP contribution < -0.4 is 0 Å². The van der Waals surface area contributed by atoms with Gasteiger partial charge in [0.1, 0.15) is 0 Å². The molecule has 7 heavy (non-hydrogen) atoms. The molecular weight excluding hydrogens is 88.1 g/mol. The second-order valence-corrected chi connectivity index (χ2v) is 1.27. The number of rotatable bonds is 3. The average molecular weight is 99.2 g/mol. The van der Waals surface area contributed by atoms with Crippen LogP contribution in [-0.4, -0.2) is 6.61 Å². The summed E-state index contributed by atoms with van der Waals surface area (Å²) in [4.78, 5) is 0. The second-order valence-electron chi connectivity index (χ2n) is 1.27. The van der Waals surface area contributed by atoms with Crippen molar-refractivity contribution >= 4 is 0 Å². The van der Waals surface area contributed by atoms with Gasteiger partial charge in [-0.1, -0.05) is 12.2 Å². The van der Waals surface area contributed by atoms with Gasteiger partial charge in [0.25, 0.3) is 0 Å². The first-order valence-electron chi connectivity index (χ1n) is 2.40. The fourth-order valence-corrected chi connectivity index (χ4v) is 0.318. The Labute approximate surface area is 45.0 Å². The highest BCUT2D eigenvalue weighted by Crippen LogP contribution is 1.81. The zero-order valence-corrected chi connectivity index (χ0v) is 4.68. The van der Waals surface area contributed by atoms with Crippen molar-refractivity contribution in [1.82, 2.24) is 0 Å². The number of hydrogen-bond acceptors (Lipinski definition) is 1. The summed E-state index contributed by atoms with van der Waals surface area (Å²) in [6, 6.07) is 0. The lowest BCUT2D eigenvalue weighted by molar-refractivity contribution is 0.248. The molecule has 0 heterocycles. The van der Waals surface area contributed by atoms with Crippen LogP contribution in [0.4, 0.5) is 0 Å². The Morgan fingerprint density at radius 2 is 2.43 bits per heavy atom. The minimum atomic E-state index is 0.727. The molecule has 0 spiro atoms. The lowest BCUT2D eigenvalue weighted by atomic mass is 10.4. The van der Waals surface area contributed by atoms with Crippen molar-refractivity contribution in [3.05, 3.63) is 19.3 Å². The number of hydrogen-bond donors (Lipinski definition) is 0. The quantitative estimate of drug-likeness (QED) is 0.387.